The van der Waals surface area contributed by atoms with Crippen LogP contribution in [-0.4, -0.2) is 54.3 Å². The minimum absolute atomic E-state index is 0.319. The Hall–Kier alpha value is -3.43. The molecule has 6 heteroatoms. The molecule has 2 aromatic carbocycles. The van der Waals surface area contributed by atoms with E-state index in [1.165, 1.54) is 58.2 Å². The summed E-state index contributed by atoms with van der Waals surface area (Å²) in [5.74, 6) is 5.25. The van der Waals surface area contributed by atoms with Gasteiger partial charge in [0.2, 0.25) is 5.91 Å². The molecule has 0 heterocycles. The highest BCUT2D eigenvalue weighted by atomic mass is 16.3. The number of Topliss-reactive ketones (excluding diaryl/α,β-unsaturated/α-hetero) is 1. The minimum Gasteiger partial charge on any atom is -0.388 e. The van der Waals surface area contributed by atoms with Gasteiger partial charge >= 0.3 is 0 Å². The van der Waals surface area contributed by atoms with Gasteiger partial charge in [-0.05, 0) is 60.7 Å². The predicted molar refractivity (Wildman–Crippen MR) is 136 cm³/mol. The Morgan fingerprint density at radius 2 is 1.54 bits per heavy atom. The normalized spacial score (nSPS) is 14.4. The van der Waals surface area contributed by atoms with Crippen LogP contribution in [0.4, 0.5) is 0 Å². The maximum absolute atomic E-state index is 12.8. The van der Waals surface area contributed by atoms with Gasteiger partial charge in [-0.2, -0.15) is 0 Å². The Bertz CT molecular complexity index is 1060. The summed E-state index contributed by atoms with van der Waals surface area (Å²) in [6, 6.07) is 13.7. The van der Waals surface area contributed by atoms with Crippen molar-refractivity contribution in [3.05, 3.63) is 70.8 Å². The number of aliphatic hydroxyl groups is 1. The van der Waals surface area contributed by atoms with Gasteiger partial charge < -0.3 is 15.3 Å². The van der Waals surface area contributed by atoms with Crippen LogP contribution in [0.3, 0.4) is 0 Å². The highest BCUT2D eigenvalue weighted by Crippen LogP contribution is 2.27. The molecule has 1 atom stereocenters. The molecule has 6 nitrogen and oxygen atoms in total. The van der Waals surface area contributed by atoms with Crippen LogP contribution in [0.15, 0.2) is 48.5 Å². The molecule has 1 saturated carbocycles. The second-order valence-corrected chi connectivity index (χ2v) is 9.12. The van der Waals surface area contributed by atoms with E-state index in [0.29, 0.717) is 5.56 Å². The molecule has 1 aliphatic carbocycles. The summed E-state index contributed by atoms with van der Waals surface area (Å²) in [7, 11) is 2.74. The largest absolute Gasteiger partial charge is 0.388 e. The second-order valence-electron chi connectivity index (χ2n) is 9.12. The first-order chi connectivity index (χ1) is 16.9. The molecule has 3 rings (SSSR count). The fourth-order valence-electron chi connectivity index (χ4n) is 4.52. The first-order valence-electron chi connectivity index (χ1n) is 12.3. The van der Waals surface area contributed by atoms with E-state index in [4.69, 9.17) is 5.11 Å². The number of likely N-dealkylation sites (N-methyl/N-ethyl adjacent to an activating group) is 2. The van der Waals surface area contributed by atoms with Crippen LogP contribution in [0, 0.1) is 17.8 Å². The quantitative estimate of drug-likeness (QED) is 0.454. The summed E-state index contributed by atoms with van der Waals surface area (Å²) in [6.45, 7) is -0.828. The van der Waals surface area contributed by atoms with Crippen LogP contribution in [0.5, 0.6) is 0 Å². The van der Waals surface area contributed by atoms with Gasteiger partial charge in [0, 0.05) is 30.8 Å². The minimum atomic E-state index is -1.39. The molecule has 0 bridgehead atoms. The molecule has 2 amide bonds. The lowest BCUT2D eigenvalue weighted by atomic mass is 9.85. The van der Waals surface area contributed by atoms with Gasteiger partial charge in [-0.3, -0.25) is 14.4 Å². The fraction of sp³-hybridized carbons (Fsp3) is 0.414. The van der Waals surface area contributed by atoms with E-state index in [9.17, 15) is 14.4 Å². The number of amides is 2. The van der Waals surface area contributed by atoms with E-state index in [1.807, 2.05) is 12.1 Å². The lowest BCUT2D eigenvalue weighted by Gasteiger charge is -2.25. The molecule has 0 spiro atoms. The van der Waals surface area contributed by atoms with Crippen molar-refractivity contribution < 1.29 is 19.5 Å². The van der Waals surface area contributed by atoms with Crippen LogP contribution in [0.2, 0.25) is 0 Å². The maximum atomic E-state index is 12.8. The molecule has 1 aliphatic rings. The number of hydrogen-bond donors (Lipinski definition) is 2. The lowest BCUT2D eigenvalue weighted by Crippen LogP contribution is -2.52. The Morgan fingerprint density at radius 3 is 2.09 bits per heavy atom. The second kappa shape index (κ2) is 12.9. The highest BCUT2D eigenvalue weighted by molar-refractivity contribution is 6.10. The van der Waals surface area contributed by atoms with Crippen LogP contribution in [0.1, 0.15) is 65.6 Å². The van der Waals surface area contributed by atoms with E-state index in [2.05, 4.69) is 29.3 Å². The Morgan fingerprint density at radius 1 is 0.971 bits per heavy atom. The number of carbonyl (C=O) groups excluding carboxylic acids is 3. The van der Waals surface area contributed by atoms with Crippen molar-refractivity contribution in [3.8, 4) is 11.8 Å². The molecule has 1 fully saturated rings. The third-order valence-electron chi connectivity index (χ3n) is 6.67. The van der Waals surface area contributed by atoms with Gasteiger partial charge in [0.15, 0.2) is 11.8 Å². The van der Waals surface area contributed by atoms with Crippen molar-refractivity contribution in [2.75, 3.05) is 20.7 Å². The average Bonchev–Trinajstić information content (AvgIpc) is 2.91. The van der Waals surface area contributed by atoms with Gasteiger partial charge in [0.05, 0.1) is 0 Å². The molecule has 0 saturated heterocycles. The Kier molecular flexibility index (Phi) is 9.63. The third-order valence-corrected chi connectivity index (χ3v) is 6.67. The number of hydrogen-bond acceptors (Lipinski definition) is 4. The molecule has 0 aliphatic heterocycles. The number of nitrogens with one attached hydrogen (secondary N) is 1. The summed E-state index contributed by atoms with van der Waals surface area (Å²) in [6.07, 6.45) is 9.29. The van der Waals surface area contributed by atoms with Crippen molar-refractivity contribution in [1.82, 2.24) is 10.2 Å². The van der Waals surface area contributed by atoms with E-state index in [1.54, 1.807) is 24.3 Å². The van der Waals surface area contributed by atoms with Crippen molar-refractivity contribution in [2.45, 2.75) is 51.0 Å². The van der Waals surface area contributed by atoms with E-state index < -0.39 is 30.2 Å². The monoisotopic (exact) mass is 474 g/mol. The standard InChI is InChI=1S/C29H34N2O4/c1-30-28(34)27(26(33)20-32)31(2)29(35)25-18-16-24(17-19-25)15-14-23-12-10-22(11-13-23)9-8-21-6-4-3-5-7-21/h10-13,16-19,21,27,32H,3-9,20H2,1-2H3,(H,30,34). The van der Waals surface area contributed by atoms with Crippen LogP contribution < -0.4 is 5.32 Å². The van der Waals surface area contributed by atoms with E-state index >= 15 is 0 Å². The van der Waals surface area contributed by atoms with Crippen LogP contribution in [0.25, 0.3) is 0 Å². The summed E-state index contributed by atoms with van der Waals surface area (Å²) >= 11 is 0. The van der Waals surface area contributed by atoms with Gasteiger partial charge in [0.25, 0.3) is 5.91 Å². The van der Waals surface area contributed by atoms with E-state index in [0.717, 1.165) is 28.4 Å². The predicted octanol–water partition coefficient (Wildman–Crippen LogP) is 3.35. The molecular formula is C29H34N2O4. The first kappa shape index (κ1) is 26.2. The summed E-state index contributed by atoms with van der Waals surface area (Å²) in [5, 5.41) is 11.5. The smallest absolute Gasteiger partial charge is 0.254 e. The van der Waals surface area contributed by atoms with Gasteiger partial charge in [0.1, 0.15) is 6.61 Å². The number of aryl methyl sites for hydroxylation is 1. The zero-order valence-electron chi connectivity index (χ0n) is 20.5. The molecule has 0 aromatic heterocycles. The van der Waals surface area contributed by atoms with Crippen LogP contribution in [-0.2, 0) is 16.0 Å². The molecule has 0 radical (unpaired) electrons. The maximum Gasteiger partial charge on any atom is 0.254 e. The van der Waals surface area contributed by atoms with Crippen molar-refractivity contribution in [3.63, 3.8) is 0 Å². The molecule has 1 unspecified atom stereocenters. The fourth-order valence-corrected chi connectivity index (χ4v) is 4.52. The van der Waals surface area contributed by atoms with Gasteiger partial charge in [-0.15, -0.1) is 0 Å². The number of nitrogens with zero attached hydrogens (tertiary/aromatic N) is 1. The van der Waals surface area contributed by atoms with E-state index in [-0.39, 0.29) is 0 Å². The average molecular weight is 475 g/mol. The van der Waals surface area contributed by atoms with Gasteiger partial charge in [-0.25, -0.2) is 0 Å². The number of ketones is 1. The number of rotatable bonds is 8. The van der Waals surface area contributed by atoms with Crippen LogP contribution >= 0.6 is 0 Å². The topological polar surface area (TPSA) is 86.7 Å². The number of aliphatic hydroxyl groups excluding tert-OH is 1. The Balaban J connectivity index is 1.60. The summed E-state index contributed by atoms with van der Waals surface area (Å²) in [4.78, 5) is 37.8. The van der Waals surface area contributed by atoms with Gasteiger partial charge in [-0.1, -0.05) is 56.1 Å². The zero-order valence-corrected chi connectivity index (χ0v) is 20.5. The summed E-state index contributed by atoms with van der Waals surface area (Å²) < 4.78 is 0. The number of benzene rings is 2. The van der Waals surface area contributed by atoms with Crippen molar-refractivity contribution >= 4 is 17.6 Å². The highest BCUT2D eigenvalue weighted by Gasteiger charge is 2.32. The first-order valence-corrected chi connectivity index (χ1v) is 12.3. The summed E-state index contributed by atoms with van der Waals surface area (Å²) in [5.41, 5.74) is 3.35. The Labute approximate surface area is 207 Å². The third kappa shape index (κ3) is 7.27. The van der Waals surface area contributed by atoms with Crippen molar-refractivity contribution in [1.29, 1.82) is 0 Å². The zero-order chi connectivity index (χ0) is 25.2. The molecule has 2 N–H and O–H groups in total. The molecular weight excluding hydrogens is 440 g/mol. The van der Waals surface area contributed by atoms with Crippen molar-refractivity contribution in [2.24, 2.45) is 5.92 Å². The molecule has 35 heavy (non-hydrogen) atoms. The molecule has 184 valence electrons. The number of carbonyl (C=O) groups is 3. The molecule has 2 aromatic rings. The SMILES string of the molecule is CNC(=O)C(C(=O)CO)N(C)C(=O)c1ccc(C#Cc2ccc(CCC3CCCCC3)cc2)cc1. The lowest BCUT2D eigenvalue weighted by molar-refractivity contribution is -0.135.